The lowest BCUT2D eigenvalue weighted by Gasteiger charge is -2.00. The highest BCUT2D eigenvalue weighted by Crippen LogP contribution is 2.28. The van der Waals surface area contributed by atoms with Crippen LogP contribution in [0.15, 0.2) is 42.5 Å². The SMILES string of the molecule is Cc1cccc2[nH]nc(-c3ccc(F)cc3)c12. The summed E-state index contributed by atoms with van der Waals surface area (Å²) in [6.07, 6.45) is 0. The second-order valence-corrected chi connectivity index (χ2v) is 4.08. The Morgan fingerprint density at radius 2 is 1.82 bits per heavy atom. The molecule has 0 aliphatic heterocycles. The Kier molecular flexibility index (Phi) is 2.18. The van der Waals surface area contributed by atoms with Gasteiger partial charge in [-0.3, -0.25) is 5.10 Å². The molecular weight excluding hydrogens is 215 g/mol. The summed E-state index contributed by atoms with van der Waals surface area (Å²) in [7, 11) is 0. The van der Waals surface area contributed by atoms with E-state index in [9.17, 15) is 4.39 Å². The Hall–Kier alpha value is -2.16. The molecule has 1 aromatic heterocycles. The molecule has 2 nitrogen and oxygen atoms in total. The predicted molar refractivity (Wildman–Crippen MR) is 66.2 cm³/mol. The number of benzene rings is 2. The molecule has 3 heteroatoms. The van der Waals surface area contributed by atoms with Crippen LogP contribution in [0.2, 0.25) is 0 Å². The summed E-state index contributed by atoms with van der Waals surface area (Å²) in [6, 6.07) is 12.4. The Morgan fingerprint density at radius 1 is 1.06 bits per heavy atom. The van der Waals surface area contributed by atoms with Gasteiger partial charge >= 0.3 is 0 Å². The fraction of sp³-hybridized carbons (Fsp3) is 0.0714. The number of fused-ring (bicyclic) bond motifs is 1. The smallest absolute Gasteiger partial charge is 0.123 e. The number of H-pyrrole nitrogens is 1. The molecule has 84 valence electrons. The third-order valence-corrected chi connectivity index (χ3v) is 2.92. The molecule has 0 atom stereocenters. The summed E-state index contributed by atoms with van der Waals surface area (Å²) in [4.78, 5) is 0. The highest BCUT2D eigenvalue weighted by atomic mass is 19.1. The minimum Gasteiger partial charge on any atom is -0.277 e. The van der Waals surface area contributed by atoms with Crippen LogP contribution in [0.5, 0.6) is 0 Å². The van der Waals surface area contributed by atoms with Gasteiger partial charge in [0.2, 0.25) is 0 Å². The maximum Gasteiger partial charge on any atom is 0.123 e. The van der Waals surface area contributed by atoms with Gasteiger partial charge in [0.1, 0.15) is 11.5 Å². The van der Waals surface area contributed by atoms with Crippen molar-refractivity contribution in [1.29, 1.82) is 0 Å². The van der Waals surface area contributed by atoms with E-state index in [2.05, 4.69) is 10.2 Å². The van der Waals surface area contributed by atoms with E-state index < -0.39 is 0 Å². The van der Waals surface area contributed by atoms with Crippen molar-refractivity contribution < 1.29 is 4.39 Å². The molecule has 0 saturated heterocycles. The van der Waals surface area contributed by atoms with Crippen LogP contribution in [0.4, 0.5) is 4.39 Å². The molecule has 0 unspecified atom stereocenters. The maximum absolute atomic E-state index is 12.9. The summed E-state index contributed by atoms with van der Waals surface area (Å²) >= 11 is 0. The first kappa shape index (κ1) is 10.0. The van der Waals surface area contributed by atoms with Crippen LogP contribution in [0.3, 0.4) is 0 Å². The first-order valence-electron chi connectivity index (χ1n) is 5.45. The highest BCUT2D eigenvalue weighted by molar-refractivity contribution is 5.95. The number of nitrogens with one attached hydrogen (secondary N) is 1. The number of aryl methyl sites for hydroxylation is 1. The van der Waals surface area contributed by atoms with Gasteiger partial charge in [-0.25, -0.2) is 4.39 Å². The molecular formula is C14H11FN2. The van der Waals surface area contributed by atoms with Crippen molar-refractivity contribution in [3.63, 3.8) is 0 Å². The molecule has 0 aliphatic rings. The van der Waals surface area contributed by atoms with Gasteiger partial charge in [0.15, 0.2) is 0 Å². The molecule has 3 aromatic rings. The van der Waals surface area contributed by atoms with Gasteiger partial charge in [0.05, 0.1) is 5.52 Å². The normalized spacial score (nSPS) is 10.9. The first-order chi connectivity index (χ1) is 8.25. The Bertz CT molecular complexity index is 668. The quantitative estimate of drug-likeness (QED) is 0.673. The zero-order valence-electron chi connectivity index (χ0n) is 9.37. The molecule has 1 N–H and O–H groups in total. The van der Waals surface area contributed by atoms with Crippen molar-refractivity contribution in [2.45, 2.75) is 6.92 Å². The molecule has 17 heavy (non-hydrogen) atoms. The number of nitrogens with zero attached hydrogens (tertiary/aromatic N) is 1. The van der Waals surface area contributed by atoms with E-state index >= 15 is 0 Å². The van der Waals surface area contributed by atoms with Crippen LogP contribution >= 0.6 is 0 Å². The fourth-order valence-electron chi connectivity index (χ4n) is 2.06. The molecule has 3 rings (SSSR count). The standard InChI is InChI=1S/C14H11FN2/c1-9-3-2-4-12-13(9)14(17-16-12)10-5-7-11(15)8-6-10/h2-8H,1H3,(H,16,17). The van der Waals surface area contributed by atoms with Crippen molar-refractivity contribution in [1.82, 2.24) is 10.2 Å². The lowest BCUT2D eigenvalue weighted by Crippen LogP contribution is -1.81. The number of aromatic amines is 1. The first-order valence-corrected chi connectivity index (χ1v) is 5.45. The molecule has 1 heterocycles. The van der Waals surface area contributed by atoms with Crippen molar-refractivity contribution in [2.75, 3.05) is 0 Å². The number of hydrogen-bond donors (Lipinski definition) is 1. The van der Waals surface area contributed by atoms with E-state index in [0.717, 1.165) is 27.7 Å². The summed E-state index contributed by atoms with van der Waals surface area (Å²) < 4.78 is 12.9. The van der Waals surface area contributed by atoms with Crippen LogP contribution in [0.1, 0.15) is 5.56 Å². The number of rotatable bonds is 1. The molecule has 0 bridgehead atoms. The van der Waals surface area contributed by atoms with E-state index in [-0.39, 0.29) is 5.82 Å². The lowest BCUT2D eigenvalue weighted by molar-refractivity contribution is 0.628. The summed E-state index contributed by atoms with van der Waals surface area (Å²) in [5, 5.41) is 8.40. The van der Waals surface area contributed by atoms with Gasteiger partial charge < -0.3 is 0 Å². The van der Waals surface area contributed by atoms with Gasteiger partial charge in [-0.1, -0.05) is 12.1 Å². The highest BCUT2D eigenvalue weighted by Gasteiger charge is 2.09. The van der Waals surface area contributed by atoms with Crippen molar-refractivity contribution in [2.24, 2.45) is 0 Å². The van der Waals surface area contributed by atoms with E-state index in [1.54, 1.807) is 12.1 Å². The minimum atomic E-state index is -0.231. The van der Waals surface area contributed by atoms with Crippen LogP contribution < -0.4 is 0 Å². The number of halogens is 1. The second kappa shape index (κ2) is 3.70. The number of aromatic nitrogens is 2. The summed E-state index contributed by atoms with van der Waals surface area (Å²) in [6.45, 7) is 2.05. The van der Waals surface area contributed by atoms with Crippen LogP contribution in [-0.2, 0) is 0 Å². The third kappa shape index (κ3) is 1.60. The molecule has 0 fully saturated rings. The zero-order chi connectivity index (χ0) is 11.8. The van der Waals surface area contributed by atoms with Crippen molar-refractivity contribution >= 4 is 10.9 Å². The van der Waals surface area contributed by atoms with Gasteiger partial charge in [-0.05, 0) is 42.8 Å². The second-order valence-electron chi connectivity index (χ2n) is 4.08. The van der Waals surface area contributed by atoms with E-state index in [1.165, 1.54) is 12.1 Å². The summed E-state index contributed by atoms with van der Waals surface area (Å²) in [5.74, 6) is -0.231. The molecule has 0 radical (unpaired) electrons. The molecule has 0 spiro atoms. The molecule has 2 aromatic carbocycles. The summed E-state index contributed by atoms with van der Waals surface area (Å²) in [5.41, 5.74) is 3.96. The Labute approximate surface area is 98.1 Å². The number of hydrogen-bond acceptors (Lipinski definition) is 1. The van der Waals surface area contributed by atoms with Crippen molar-refractivity contribution in [3.8, 4) is 11.3 Å². The van der Waals surface area contributed by atoms with Gasteiger partial charge in [0, 0.05) is 10.9 Å². The van der Waals surface area contributed by atoms with Gasteiger partial charge in [-0.2, -0.15) is 5.10 Å². The Balaban J connectivity index is 2.27. The maximum atomic E-state index is 12.9. The van der Waals surface area contributed by atoms with Gasteiger partial charge in [0.25, 0.3) is 0 Å². The van der Waals surface area contributed by atoms with Crippen LogP contribution in [0, 0.1) is 12.7 Å². The minimum absolute atomic E-state index is 0.231. The third-order valence-electron chi connectivity index (χ3n) is 2.92. The predicted octanol–water partition coefficient (Wildman–Crippen LogP) is 3.68. The zero-order valence-corrected chi connectivity index (χ0v) is 9.37. The monoisotopic (exact) mass is 226 g/mol. The Morgan fingerprint density at radius 3 is 2.59 bits per heavy atom. The molecule has 0 amide bonds. The van der Waals surface area contributed by atoms with Crippen molar-refractivity contribution in [3.05, 3.63) is 53.8 Å². The van der Waals surface area contributed by atoms with E-state index in [4.69, 9.17) is 0 Å². The van der Waals surface area contributed by atoms with Crippen LogP contribution in [-0.4, -0.2) is 10.2 Å². The molecule has 0 aliphatic carbocycles. The lowest BCUT2D eigenvalue weighted by atomic mass is 10.0. The fourth-order valence-corrected chi connectivity index (χ4v) is 2.06. The average molecular weight is 226 g/mol. The largest absolute Gasteiger partial charge is 0.277 e. The van der Waals surface area contributed by atoms with Crippen LogP contribution in [0.25, 0.3) is 22.2 Å². The molecule has 0 saturated carbocycles. The van der Waals surface area contributed by atoms with E-state index in [1.807, 2.05) is 25.1 Å². The van der Waals surface area contributed by atoms with E-state index in [0.29, 0.717) is 0 Å². The average Bonchev–Trinajstić information content (AvgIpc) is 2.75. The van der Waals surface area contributed by atoms with Gasteiger partial charge in [-0.15, -0.1) is 0 Å². The topological polar surface area (TPSA) is 28.7 Å².